The Hall–Kier alpha value is -1.13. The number of carbonyl (C=O) groups excluding carboxylic acids is 1. The number of cyclic esters (lactones) is 1. The first kappa shape index (κ1) is 17.7. The molecule has 0 bridgehead atoms. The van der Waals surface area contributed by atoms with E-state index in [0.29, 0.717) is 23.8 Å². The van der Waals surface area contributed by atoms with Gasteiger partial charge >= 0.3 is 5.97 Å². The van der Waals surface area contributed by atoms with Crippen molar-refractivity contribution < 1.29 is 19.7 Å². The van der Waals surface area contributed by atoms with Crippen LogP contribution in [0.5, 0.6) is 0 Å². The van der Waals surface area contributed by atoms with Gasteiger partial charge < -0.3 is 14.9 Å². The molecular formula is C20H30O4. The number of aliphatic hydroxyl groups is 2. The molecular weight excluding hydrogens is 304 g/mol. The second-order valence-electron chi connectivity index (χ2n) is 8.54. The molecule has 1 unspecified atom stereocenters. The van der Waals surface area contributed by atoms with Crippen LogP contribution in [0.25, 0.3) is 0 Å². The molecule has 3 aliphatic rings. The van der Waals surface area contributed by atoms with Crippen molar-refractivity contribution >= 4 is 5.97 Å². The second-order valence-corrected chi connectivity index (χ2v) is 8.54. The van der Waals surface area contributed by atoms with Crippen molar-refractivity contribution in [3.8, 4) is 0 Å². The lowest BCUT2D eigenvalue weighted by Crippen LogP contribution is -2.52. The van der Waals surface area contributed by atoms with Crippen LogP contribution in [0, 0.1) is 22.7 Å². The van der Waals surface area contributed by atoms with Crippen LogP contribution in [-0.2, 0) is 9.53 Å². The number of rotatable bonds is 3. The van der Waals surface area contributed by atoms with Gasteiger partial charge in [0.25, 0.3) is 0 Å². The maximum Gasteiger partial charge on any atom is 0.333 e. The third-order valence-electron chi connectivity index (χ3n) is 7.45. The minimum Gasteiger partial charge on any atom is -0.429 e. The molecule has 0 amide bonds. The molecule has 0 radical (unpaired) electrons. The van der Waals surface area contributed by atoms with Crippen molar-refractivity contribution in [2.45, 2.75) is 71.7 Å². The van der Waals surface area contributed by atoms with E-state index in [4.69, 9.17) is 4.74 Å². The molecule has 4 heteroatoms. The van der Waals surface area contributed by atoms with E-state index in [1.807, 2.05) is 0 Å². The average Bonchev–Trinajstić information content (AvgIpc) is 2.85. The van der Waals surface area contributed by atoms with Gasteiger partial charge in [0.2, 0.25) is 6.29 Å². The molecule has 4 nitrogen and oxygen atoms in total. The zero-order valence-electron chi connectivity index (χ0n) is 15.0. The minimum atomic E-state index is -1.07. The quantitative estimate of drug-likeness (QED) is 0.614. The molecule has 24 heavy (non-hydrogen) atoms. The molecule has 3 rings (SSSR count). The summed E-state index contributed by atoms with van der Waals surface area (Å²) >= 11 is 0. The van der Waals surface area contributed by atoms with Gasteiger partial charge in [0.15, 0.2) is 0 Å². The third kappa shape index (κ3) is 2.64. The summed E-state index contributed by atoms with van der Waals surface area (Å²) in [6.45, 7) is 11.2. The van der Waals surface area contributed by atoms with Crippen LogP contribution in [0.1, 0.15) is 59.3 Å². The standard InChI is InChI=1S/C20H30O4/c1-12-7-9-20(4)13(2)15(21)5-6-16(20)19(12,3)10-8-14-11-17(22)24-18(14)23/h11-12,15-16,18,21,23H,2,5-10H2,1,3-4H3/t12-,15+,16?,18+,19+,20+/m1/s1. The molecule has 1 aliphatic heterocycles. The van der Waals surface area contributed by atoms with E-state index >= 15 is 0 Å². The Labute approximate surface area is 144 Å². The van der Waals surface area contributed by atoms with E-state index in [1.165, 1.54) is 6.08 Å². The van der Waals surface area contributed by atoms with E-state index in [-0.39, 0.29) is 16.9 Å². The predicted molar refractivity (Wildman–Crippen MR) is 91.9 cm³/mol. The number of ether oxygens (including phenoxy) is 1. The number of hydrogen-bond acceptors (Lipinski definition) is 4. The fraction of sp³-hybridized carbons (Fsp3) is 0.750. The molecule has 6 atom stereocenters. The number of fused-ring (bicyclic) bond motifs is 1. The maximum absolute atomic E-state index is 11.3. The van der Waals surface area contributed by atoms with Crippen LogP contribution in [0.15, 0.2) is 23.8 Å². The highest BCUT2D eigenvalue weighted by Gasteiger charge is 2.55. The summed E-state index contributed by atoms with van der Waals surface area (Å²) in [7, 11) is 0. The smallest absolute Gasteiger partial charge is 0.333 e. The molecule has 0 aromatic rings. The van der Waals surface area contributed by atoms with Crippen molar-refractivity contribution in [2.75, 3.05) is 0 Å². The highest BCUT2D eigenvalue weighted by atomic mass is 16.6. The Kier molecular flexibility index (Phi) is 4.42. The second kappa shape index (κ2) is 5.99. The summed E-state index contributed by atoms with van der Waals surface area (Å²) in [4.78, 5) is 11.3. The normalized spacial score (nSPS) is 45.6. The molecule has 2 aliphatic carbocycles. The fourth-order valence-electron chi connectivity index (χ4n) is 5.48. The Morgan fingerprint density at radius 1 is 1.29 bits per heavy atom. The van der Waals surface area contributed by atoms with Crippen molar-refractivity contribution in [1.82, 2.24) is 0 Å². The summed E-state index contributed by atoms with van der Waals surface area (Å²) in [6, 6.07) is 0. The highest BCUT2D eigenvalue weighted by molar-refractivity contribution is 5.85. The van der Waals surface area contributed by atoms with Crippen molar-refractivity contribution in [2.24, 2.45) is 22.7 Å². The van der Waals surface area contributed by atoms with Crippen LogP contribution in [0.2, 0.25) is 0 Å². The fourth-order valence-corrected chi connectivity index (χ4v) is 5.48. The molecule has 134 valence electrons. The molecule has 2 N–H and O–H groups in total. The van der Waals surface area contributed by atoms with Gasteiger partial charge in [-0.15, -0.1) is 0 Å². The topological polar surface area (TPSA) is 66.8 Å². The molecule has 0 aromatic carbocycles. The lowest BCUT2D eigenvalue weighted by molar-refractivity contribution is -0.151. The highest BCUT2D eigenvalue weighted by Crippen LogP contribution is 2.62. The lowest BCUT2D eigenvalue weighted by Gasteiger charge is -2.59. The van der Waals surface area contributed by atoms with Gasteiger partial charge in [0.1, 0.15) is 0 Å². The van der Waals surface area contributed by atoms with Gasteiger partial charge in [-0.05, 0) is 66.8 Å². The number of hydrogen-bond donors (Lipinski definition) is 2. The SMILES string of the molecule is C=C1[C@@H](O)CCC2[C@@]1(C)CC[C@@H](C)[C@]2(C)CCC1=CC(=O)O[C@@H]1O. The summed E-state index contributed by atoms with van der Waals surface area (Å²) in [5.74, 6) is 0.591. The molecule has 2 saturated carbocycles. The van der Waals surface area contributed by atoms with Crippen molar-refractivity contribution in [1.29, 1.82) is 0 Å². The zero-order chi connectivity index (χ0) is 17.7. The molecule has 0 saturated heterocycles. The molecule has 0 spiro atoms. The van der Waals surface area contributed by atoms with Crippen LogP contribution >= 0.6 is 0 Å². The molecule has 1 heterocycles. The minimum absolute atomic E-state index is 0.0199. The van der Waals surface area contributed by atoms with Crippen LogP contribution in [0.3, 0.4) is 0 Å². The van der Waals surface area contributed by atoms with Gasteiger partial charge in [0.05, 0.1) is 6.10 Å². The summed E-state index contributed by atoms with van der Waals surface area (Å²) < 4.78 is 4.81. The van der Waals surface area contributed by atoms with Gasteiger partial charge in [-0.3, -0.25) is 0 Å². The van der Waals surface area contributed by atoms with Crippen LogP contribution in [0.4, 0.5) is 0 Å². The van der Waals surface area contributed by atoms with Gasteiger partial charge in [0, 0.05) is 11.6 Å². The average molecular weight is 334 g/mol. The van der Waals surface area contributed by atoms with Crippen molar-refractivity contribution in [3.05, 3.63) is 23.8 Å². The lowest BCUT2D eigenvalue weighted by atomic mass is 9.46. The Morgan fingerprint density at radius 2 is 2.00 bits per heavy atom. The van der Waals surface area contributed by atoms with E-state index in [1.54, 1.807) is 0 Å². The van der Waals surface area contributed by atoms with E-state index in [2.05, 4.69) is 27.4 Å². The first-order valence-electron chi connectivity index (χ1n) is 9.15. The van der Waals surface area contributed by atoms with Crippen LogP contribution in [-0.4, -0.2) is 28.6 Å². The summed E-state index contributed by atoms with van der Waals surface area (Å²) in [6.07, 6.45) is 5.56. The maximum atomic E-state index is 11.3. The van der Waals surface area contributed by atoms with E-state index in [0.717, 1.165) is 37.7 Å². The molecule has 2 fully saturated rings. The first-order chi connectivity index (χ1) is 11.2. The van der Waals surface area contributed by atoms with E-state index in [9.17, 15) is 15.0 Å². The third-order valence-corrected chi connectivity index (χ3v) is 7.45. The van der Waals surface area contributed by atoms with E-state index < -0.39 is 12.3 Å². The van der Waals surface area contributed by atoms with Crippen LogP contribution < -0.4 is 0 Å². The van der Waals surface area contributed by atoms with Gasteiger partial charge in [-0.2, -0.15) is 0 Å². The monoisotopic (exact) mass is 334 g/mol. The van der Waals surface area contributed by atoms with Gasteiger partial charge in [-0.25, -0.2) is 4.79 Å². The summed E-state index contributed by atoms with van der Waals surface area (Å²) in [5.41, 5.74) is 1.77. The number of carbonyl (C=O) groups is 1. The van der Waals surface area contributed by atoms with Gasteiger partial charge in [-0.1, -0.05) is 27.4 Å². The zero-order valence-corrected chi connectivity index (χ0v) is 15.0. The number of esters is 1. The Morgan fingerprint density at radius 3 is 2.62 bits per heavy atom. The molecule has 0 aromatic heterocycles. The largest absolute Gasteiger partial charge is 0.429 e. The Bertz CT molecular complexity index is 580. The predicted octanol–water partition coefficient (Wildman–Crippen LogP) is 3.34. The Balaban J connectivity index is 1.82. The number of aliphatic hydroxyl groups excluding tert-OH is 2. The van der Waals surface area contributed by atoms with Crippen molar-refractivity contribution in [3.63, 3.8) is 0 Å². The first-order valence-corrected chi connectivity index (χ1v) is 9.15. The summed E-state index contributed by atoms with van der Waals surface area (Å²) in [5, 5.41) is 20.1.